The Morgan fingerprint density at radius 1 is 1.38 bits per heavy atom. The van der Waals surface area contributed by atoms with Gasteiger partial charge in [-0.25, -0.2) is 4.68 Å². The van der Waals surface area contributed by atoms with Crippen molar-refractivity contribution in [3.05, 3.63) is 5.82 Å². The van der Waals surface area contributed by atoms with Crippen LogP contribution in [0.5, 0.6) is 0 Å². The number of rotatable bonds is 4. The van der Waals surface area contributed by atoms with E-state index in [1.54, 1.807) is 0 Å². The van der Waals surface area contributed by atoms with Crippen molar-refractivity contribution in [3.8, 4) is 0 Å². The highest BCUT2D eigenvalue weighted by atomic mass is 15.5. The number of tetrazole rings is 1. The lowest BCUT2D eigenvalue weighted by Crippen LogP contribution is -2.22. The van der Waals surface area contributed by atoms with Crippen LogP contribution in [-0.2, 0) is 6.54 Å². The summed E-state index contributed by atoms with van der Waals surface area (Å²) in [6.07, 6.45) is 6.78. The third-order valence-electron chi connectivity index (χ3n) is 3.54. The van der Waals surface area contributed by atoms with E-state index in [1.165, 1.54) is 32.1 Å². The van der Waals surface area contributed by atoms with Crippen LogP contribution < -0.4 is 5.32 Å². The molecule has 16 heavy (non-hydrogen) atoms. The van der Waals surface area contributed by atoms with Gasteiger partial charge in [-0.05, 0) is 43.2 Å². The largest absolute Gasteiger partial charge is 0.311 e. The lowest BCUT2D eigenvalue weighted by atomic mass is 9.89. The van der Waals surface area contributed by atoms with Crippen molar-refractivity contribution in [1.82, 2.24) is 25.5 Å². The number of nitrogens with one attached hydrogen (secondary N) is 1. The molecule has 0 bridgehead atoms. The quantitative estimate of drug-likeness (QED) is 0.841. The van der Waals surface area contributed by atoms with Gasteiger partial charge in [-0.15, -0.1) is 5.10 Å². The van der Waals surface area contributed by atoms with E-state index in [4.69, 9.17) is 0 Å². The molecule has 1 heterocycles. The van der Waals surface area contributed by atoms with E-state index in [0.29, 0.717) is 0 Å². The second kappa shape index (κ2) is 5.39. The first-order valence-electron chi connectivity index (χ1n) is 6.24. The van der Waals surface area contributed by atoms with Crippen molar-refractivity contribution >= 4 is 0 Å². The minimum absolute atomic E-state index is 0.221. The molecule has 1 aliphatic rings. The van der Waals surface area contributed by atoms with Crippen LogP contribution >= 0.6 is 0 Å². The number of hydrogen-bond donors (Lipinski definition) is 1. The first-order chi connectivity index (χ1) is 7.81. The molecule has 0 amide bonds. The van der Waals surface area contributed by atoms with Crippen molar-refractivity contribution in [3.63, 3.8) is 0 Å². The molecular weight excluding hydrogens is 202 g/mol. The summed E-state index contributed by atoms with van der Waals surface area (Å²) in [5.74, 6) is 1.72. The van der Waals surface area contributed by atoms with E-state index in [1.807, 2.05) is 11.7 Å². The zero-order chi connectivity index (χ0) is 11.4. The summed E-state index contributed by atoms with van der Waals surface area (Å²) >= 11 is 0. The summed E-state index contributed by atoms with van der Waals surface area (Å²) < 4.78 is 1.97. The van der Waals surface area contributed by atoms with Gasteiger partial charge in [0.2, 0.25) is 0 Å². The molecule has 1 atom stereocenters. The lowest BCUT2D eigenvalue weighted by molar-refractivity contribution is 0.298. The molecule has 0 spiro atoms. The van der Waals surface area contributed by atoms with Crippen molar-refractivity contribution in [2.75, 3.05) is 7.05 Å². The van der Waals surface area contributed by atoms with E-state index in [2.05, 4.69) is 27.8 Å². The van der Waals surface area contributed by atoms with Gasteiger partial charge in [-0.2, -0.15) is 0 Å². The van der Waals surface area contributed by atoms with Crippen molar-refractivity contribution in [1.29, 1.82) is 0 Å². The normalized spacial score (nSPS) is 19.9. The SMILES string of the molecule is CNC(C)c1nnnn1CC1CCCCC1. The predicted octanol–water partition coefficient (Wildman–Crippen LogP) is 1.53. The van der Waals surface area contributed by atoms with Gasteiger partial charge in [-0.1, -0.05) is 19.3 Å². The molecule has 5 heteroatoms. The summed E-state index contributed by atoms with van der Waals surface area (Å²) in [7, 11) is 1.93. The van der Waals surface area contributed by atoms with Crippen LogP contribution in [-0.4, -0.2) is 27.3 Å². The van der Waals surface area contributed by atoms with E-state index in [0.717, 1.165) is 18.3 Å². The van der Waals surface area contributed by atoms with Gasteiger partial charge in [0, 0.05) is 6.54 Å². The Bertz CT molecular complexity index is 316. The summed E-state index contributed by atoms with van der Waals surface area (Å²) in [6.45, 7) is 3.07. The fraction of sp³-hybridized carbons (Fsp3) is 0.909. The van der Waals surface area contributed by atoms with Crippen molar-refractivity contribution in [2.45, 2.75) is 51.6 Å². The van der Waals surface area contributed by atoms with Gasteiger partial charge in [0.15, 0.2) is 5.82 Å². The molecule has 90 valence electrons. The van der Waals surface area contributed by atoms with Gasteiger partial charge >= 0.3 is 0 Å². The van der Waals surface area contributed by atoms with Crippen LogP contribution in [0.1, 0.15) is 50.9 Å². The molecule has 1 aliphatic carbocycles. The van der Waals surface area contributed by atoms with E-state index in [9.17, 15) is 0 Å². The summed E-state index contributed by atoms with van der Waals surface area (Å²) in [4.78, 5) is 0. The maximum atomic E-state index is 4.09. The molecule has 5 nitrogen and oxygen atoms in total. The van der Waals surface area contributed by atoms with Gasteiger partial charge < -0.3 is 5.32 Å². The van der Waals surface area contributed by atoms with Gasteiger partial charge in [0.05, 0.1) is 6.04 Å². The van der Waals surface area contributed by atoms with Crippen LogP contribution in [0.3, 0.4) is 0 Å². The average molecular weight is 223 g/mol. The molecule has 0 aliphatic heterocycles. The van der Waals surface area contributed by atoms with Crippen LogP contribution in [0.25, 0.3) is 0 Å². The average Bonchev–Trinajstić information content (AvgIpc) is 2.77. The third kappa shape index (κ3) is 2.58. The van der Waals surface area contributed by atoms with Crippen LogP contribution in [0.15, 0.2) is 0 Å². The van der Waals surface area contributed by atoms with Gasteiger partial charge in [0.25, 0.3) is 0 Å². The molecule has 0 radical (unpaired) electrons. The molecular formula is C11H21N5. The number of hydrogen-bond acceptors (Lipinski definition) is 4. The summed E-state index contributed by atoms with van der Waals surface area (Å²) in [5.41, 5.74) is 0. The zero-order valence-electron chi connectivity index (χ0n) is 10.2. The Morgan fingerprint density at radius 2 is 2.12 bits per heavy atom. The Labute approximate surface area is 96.6 Å². The highest BCUT2D eigenvalue weighted by molar-refractivity contribution is 4.89. The van der Waals surface area contributed by atoms with E-state index >= 15 is 0 Å². The minimum atomic E-state index is 0.221. The zero-order valence-corrected chi connectivity index (χ0v) is 10.2. The van der Waals surface area contributed by atoms with Crippen LogP contribution in [0, 0.1) is 5.92 Å². The van der Waals surface area contributed by atoms with E-state index < -0.39 is 0 Å². The monoisotopic (exact) mass is 223 g/mol. The first kappa shape index (κ1) is 11.5. The molecule has 1 aromatic heterocycles. The fourth-order valence-corrected chi connectivity index (χ4v) is 2.40. The Hall–Kier alpha value is -0.970. The number of aromatic nitrogens is 4. The number of nitrogens with zero attached hydrogens (tertiary/aromatic N) is 4. The summed E-state index contributed by atoms with van der Waals surface area (Å²) in [6, 6.07) is 0.221. The van der Waals surface area contributed by atoms with Gasteiger partial charge in [-0.3, -0.25) is 0 Å². The highest BCUT2D eigenvalue weighted by Gasteiger charge is 2.18. The molecule has 1 N–H and O–H groups in total. The van der Waals surface area contributed by atoms with Crippen molar-refractivity contribution < 1.29 is 0 Å². The molecule has 1 aromatic rings. The molecule has 0 saturated heterocycles. The second-order valence-corrected chi connectivity index (χ2v) is 4.73. The lowest BCUT2D eigenvalue weighted by Gasteiger charge is -2.22. The standard InChI is InChI=1S/C11H21N5/c1-9(12-2)11-13-14-15-16(11)8-10-6-4-3-5-7-10/h9-10,12H,3-8H2,1-2H3. The second-order valence-electron chi connectivity index (χ2n) is 4.73. The van der Waals surface area contributed by atoms with Gasteiger partial charge in [0.1, 0.15) is 0 Å². The van der Waals surface area contributed by atoms with Crippen LogP contribution in [0.4, 0.5) is 0 Å². The third-order valence-corrected chi connectivity index (χ3v) is 3.54. The molecule has 1 fully saturated rings. The van der Waals surface area contributed by atoms with E-state index in [-0.39, 0.29) is 6.04 Å². The molecule has 0 aromatic carbocycles. The first-order valence-corrected chi connectivity index (χ1v) is 6.24. The van der Waals surface area contributed by atoms with Crippen molar-refractivity contribution in [2.24, 2.45) is 5.92 Å². The van der Waals surface area contributed by atoms with Crippen LogP contribution in [0.2, 0.25) is 0 Å². The Morgan fingerprint density at radius 3 is 2.81 bits per heavy atom. The fourth-order valence-electron chi connectivity index (χ4n) is 2.40. The maximum Gasteiger partial charge on any atom is 0.167 e. The highest BCUT2D eigenvalue weighted by Crippen LogP contribution is 2.25. The molecule has 1 unspecified atom stereocenters. The molecule has 1 saturated carbocycles. The topological polar surface area (TPSA) is 55.6 Å². The molecule has 2 rings (SSSR count). The Kier molecular flexibility index (Phi) is 3.88. The maximum absolute atomic E-state index is 4.09. The Balaban J connectivity index is 2.00. The predicted molar refractivity (Wildman–Crippen MR) is 61.9 cm³/mol. The smallest absolute Gasteiger partial charge is 0.167 e. The summed E-state index contributed by atoms with van der Waals surface area (Å²) in [5, 5.41) is 15.1. The minimum Gasteiger partial charge on any atom is -0.311 e.